The van der Waals surface area contributed by atoms with Gasteiger partial charge < -0.3 is 9.47 Å². The third-order valence-corrected chi connectivity index (χ3v) is 5.48. The van der Waals surface area contributed by atoms with E-state index in [1.54, 1.807) is 12.1 Å². The lowest BCUT2D eigenvalue weighted by Crippen LogP contribution is -2.25. The molecular formula is C15H20O5S. The topological polar surface area (TPSA) is 69.7 Å². The molecule has 0 radical (unpaired) electrons. The minimum atomic E-state index is -3.23. The summed E-state index contributed by atoms with van der Waals surface area (Å²) in [4.78, 5) is 11.3. The van der Waals surface area contributed by atoms with Crippen LogP contribution in [0, 0.1) is 5.41 Å². The van der Waals surface area contributed by atoms with E-state index in [2.05, 4.69) is 4.74 Å². The first kappa shape index (κ1) is 15.8. The van der Waals surface area contributed by atoms with E-state index in [-0.39, 0.29) is 30.5 Å². The van der Waals surface area contributed by atoms with E-state index in [0.29, 0.717) is 5.75 Å². The monoisotopic (exact) mass is 312 g/mol. The second-order valence-corrected chi connectivity index (χ2v) is 7.69. The van der Waals surface area contributed by atoms with Crippen molar-refractivity contribution in [2.24, 2.45) is 5.41 Å². The number of benzene rings is 1. The molecule has 0 saturated heterocycles. The van der Waals surface area contributed by atoms with Gasteiger partial charge in [0.15, 0.2) is 9.84 Å². The number of rotatable bonds is 8. The molecule has 0 aromatic heterocycles. The first-order valence-electron chi connectivity index (χ1n) is 6.90. The van der Waals surface area contributed by atoms with Gasteiger partial charge in [-0.05, 0) is 30.4 Å². The smallest absolute Gasteiger partial charge is 0.306 e. The van der Waals surface area contributed by atoms with Crippen molar-refractivity contribution in [1.82, 2.24) is 0 Å². The number of ether oxygens (including phenoxy) is 2. The van der Waals surface area contributed by atoms with E-state index in [1.165, 1.54) is 7.11 Å². The van der Waals surface area contributed by atoms with Crippen LogP contribution in [0.5, 0.6) is 5.75 Å². The lowest BCUT2D eigenvalue weighted by atomic mass is 10.1. The molecule has 0 N–H and O–H groups in total. The molecule has 0 bridgehead atoms. The molecule has 0 amide bonds. The van der Waals surface area contributed by atoms with Gasteiger partial charge in [0.25, 0.3) is 0 Å². The zero-order valence-corrected chi connectivity index (χ0v) is 12.9. The number of para-hydroxylation sites is 1. The maximum Gasteiger partial charge on any atom is 0.306 e. The standard InChI is InChI=1S/C15H20O5S/c1-19-14(16)11-15(7-8-15)12-21(17,18)10-9-20-13-5-3-2-4-6-13/h2-6H,7-12H2,1H3. The summed E-state index contributed by atoms with van der Waals surface area (Å²) in [5.41, 5.74) is -0.404. The molecule has 0 aliphatic heterocycles. The SMILES string of the molecule is COC(=O)CC1(CS(=O)(=O)CCOc2ccccc2)CC1. The normalized spacial score (nSPS) is 16.2. The third-order valence-electron chi connectivity index (χ3n) is 3.64. The van der Waals surface area contributed by atoms with Crippen LogP contribution in [0.25, 0.3) is 0 Å². The highest BCUT2D eigenvalue weighted by Gasteiger charge is 2.47. The second kappa shape index (κ2) is 6.47. The molecule has 1 fully saturated rings. The molecule has 116 valence electrons. The fourth-order valence-electron chi connectivity index (χ4n) is 2.27. The van der Waals surface area contributed by atoms with Gasteiger partial charge in [0, 0.05) is 0 Å². The largest absolute Gasteiger partial charge is 0.493 e. The van der Waals surface area contributed by atoms with Crippen LogP contribution in [0.4, 0.5) is 0 Å². The highest BCUT2D eigenvalue weighted by atomic mass is 32.2. The lowest BCUT2D eigenvalue weighted by Gasteiger charge is -2.14. The predicted molar refractivity (Wildman–Crippen MR) is 78.9 cm³/mol. The highest BCUT2D eigenvalue weighted by molar-refractivity contribution is 7.91. The van der Waals surface area contributed by atoms with Gasteiger partial charge in [-0.25, -0.2) is 8.42 Å². The van der Waals surface area contributed by atoms with Crippen molar-refractivity contribution < 1.29 is 22.7 Å². The Morgan fingerprint density at radius 3 is 2.48 bits per heavy atom. The zero-order chi connectivity index (χ0) is 15.3. The van der Waals surface area contributed by atoms with Crippen LogP contribution in [0.1, 0.15) is 19.3 Å². The molecular weight excluding hydrogens is 292 g/mol. The molecule has 5 nitrogen and oxygen atoms in total. The average Bonchev–Trinajstić information content (AvgIpc) is 3.18. The summed E-state index contributed by atoms with van der Waals surface area (Å²) in [7, 11) is -1.91. The van der Waals surface area contributed by atoms with Crippen LogP contribution >= 0.6 is 0 Å². The van der Waals surface area contributed by atoms with Gasteiger partial charge in [-0.2, -0.15) is 0 Å². The van der Waals surface area contributed by atoms with Crippen molar-refractivity contribution in [3.05, 3.63) is 30.3 Å². The molecule has 0 atom stereocenters. The Bertz CT molecular complexity index is 575. The van der Waals surface area contributed by atoms with Crippen LogP contribution in [-0.2, 0) is 19.4 Å². The Labute approximate surface area is 125 Å². The number of sulfone groups is 1. The summed E-state index contributed by atoms with van der Waals surface area (Å²) in [6, 6.07) is 9.10. The van der Waals surface area contributed by atoms with Gasteiger partial charge in [0.05, 0.1) is 25.0 Å². The number of carbonyl (C=O) groups is 1. The molecule has 6 heteroatoms. The Hall–Kier alpha value is -1.56. The third kappa shape index (κ3) is 5.04. The fraction of sp³-hybridized carbons (Fsp3) is 0.533. The quantitative estimate of drug-likeness (QED) is 0.685. The second-order valence-electron chi connectivity index (χ2n) is 5.51. The van der Waals surface area contributed by atoms with E-state index in [0.717, 1.165) is 12.8 Å². The van der Waals surface area contributed by atoms with Gasteiger partial charge in [-0.15, -0.1) is 0 Å². The van der Waals surface area contributed by atoms with Crippen LogP contribution in [-0.4, -0.2) is 39.6 Å². The van der Waals surface area contributed by atoms with E-state index in [1.807, 2.05) is 18.2 Å². The number of carbonyl (C=O) groups excluding carboxylic acids is 1. The molecule has 1 aliphatic rings. The molecule has 0 heterocycles. The molecule has 0 spiro atoms. The van der Waals surface area contributed by atoms with Crippen molar-refractivity contribution in [3.63, 3.8) is 0 Å². The van der Waals surface area contributed by atoms with Crippen molar-refractivity contribution in [1.29, 1.82) is 0 Å². The molecule has 1 aromatic rings. The van der Waals surface area contributed by atoms with Crippen LogP contribution in [0.2, 0.25) is 0 Å². The van der Waals surface area contributed by atoms with Gasteiger partial charge in [0.2, 0.25) is 0 Å². The first-order valence-corrected chi connectivity index (χ1v) is 8.72. The number of esters is 1. The molecule has 0 unspecified atom stereocenters. The maximum atomic E-state index is 12.1. The van der Waals surface area contributed by atoms with E-state index in [9.17, 15) is 13.2 Å². The molecule has 1 saturated carbocycles. The number of hydrogen-bond acceptors (Lipinski definition) is 5. The zero-order valence-electron chi connectivity index (χ0n) is 12.1. The van der Waals surface area contributed by atoms with Gasteiger partial charge in [-0.3, -0.25) is 4.79 Å². The molecule has 1 aromatic carbocycles. The summed E-state index contributed by atoms with van der Waals surface area (Å²) in [5, 5.41) is 0. The van der Waals surface area contributed by atoms with Gasteiger partial charge >= 0.3 is 5.97 Å². The highest BCUT2D eigenvalue weighted by Crippen LogP contribution is 2.50. The van der Waals surface area contributed by atoms with Crippen molar-refractivity contribution in [3.8, 4) is 5.75 Å². The molecule has 2 rings (SSSR count). The van der Waals surface area contributed by atoms with Gasteiger partial charge in [-0.1, -0.05) is 18.2 Å². The average molecular weight is 312 g/mol. The Morgan fingerprint density at radius 1 is 1.24 bits per heavy atom. The summed E-state index contributed by atoms with van der Waals surface area (Å²) in [5.74, 6) is 0.310. The minimum absolute atomic E-state index is 0.0350. The molecule has 21 heavy (non-hydrogen) atoms. The Balaban J connectivity index is 1.81. The van der Waals surface area contributed by atoms with Gasteiger partial charge in [0.1, 0.15) is 12.4 Å². The summed E-state index contributed by atoms with van der Waals surface area (Å²) in [6.45, 7) is 0.126. The summed E-state index contributed by atoms with van der Waals surface area (Å²) >= 11 is 0. The maximum absolute atomic E-state index is 12.1. The first-order chi connectivity index (χ1) is 9.95. The number of methoxy groups -OCH3 is 1. The van der Waals surface area contributed by atoms with Crippen LogP contribution < -0.4 is 4.74 Å². The molecule has 1 aliphatic carbocycles. The van der Waals surface area contributed by atoms with E-state index in [4.69, 9.17) is 4.74 Å². The van der Waals surface area contributed by atoms with E-state index < -0.39 is 15.3 Å². The van der Waals surface area contributed by atoms with Crippen LogP contribution in [0.3, 0.4) is 0 Å². The Kier molecular flexibility index (Phi) is 4.88. The Morgan fingerprint density at radius 2 is 1.90 bits per heavy atom. The summed E-state index contributed by atoms with van der Waals surface area (Å²) in [6.07, 6.45) is 1.71. The fourth-order valence-corrected chi connectivity index (χ4v) is 4.07. The van der Waals surface area contributed by atoms with Crippen molar-refractivity contribution in [2.75, 3.05) is 25.2 Å². The lowest BCUT2D eigenvalue weighted by molar-refractivity contribution is -0.141. The summed E-state index contributed by atoms with van der Waals surface area (Å²) < 4.78 is 34.3. The van der Waals surface area contributed by atoms with Crippen LogP contribution in [0.15, 0.2) is 30.3 Å². The van der Waals surface area contributed by atoms with E-state index >= 15 is 0 Å². The number of hydrogen-bond donors (Lipinski definition) is 0. The minimum Gasteiger partial charge on any atom is -0.493 e. The predicted octanol–water partition coefficient (Wildman–Crippen LogP) is 1.82. The van der Waals surface area contributed by atoms with Crippen molar-refractivity contribution >= 4 is 15.8 Å². The van der Waals surface area contributed by atoms with Crippen molar-refractivity contribution in [2.45, 2.75) is 19.3 Å².